The zero-order valence-electron chi connectivity index (χ0n) is 37.8. The Morgan fingerprint density at radius 2 is 0.968 bits per heavy atom. The summed E-state index contributed by atoms with van der Waals surface area (Å²) in [5.41, 5.74) is 0. The van der Waals surface area contributed by atoms with Gasteiger partial charge in [0.2, 0.25) is 0 Å². The summed E-state index contributed by atoms with van der Waals surface area (Å²) < 4.78 is 47.7. The third-order valence-electron chi connectivity index (χ3n) is 9.42. The lowest BCUT2D eigenvalue weighted by Gasteiger charge is -2.20. The maximum Gasteiger partial charge on any atom is 0.472 e. The standard InChI is InChI=1S/C46H82O14P2/c1-3-5-6-7-8-9-10-11-12-13-14-17-20-23-26-29-32-36-45(49)56-40-44(41-59-62(54,55)58-39-43(48)38-57-61(51,52)53)60-46(50)37-33-30-27-24-21-18-15-16-19-22-25-28-31-35-42(47)34-4-2/h11-12,15,18-19,22,24,27-28,31,42-44,47-48H,3-10,13-14,16-17,20-21,23,25-26,29-30,32-41H2,1-2H3,(H,54,55)(H2,51,52,53)/b12-11-,18-15-,22-19-,27-24-,31-28-/t42?,43-,44+/m0/s1. The molecule has 0 aromatic carbocycles. The fourth-order valence-electron chi connectivity index (χ4n) is 5.94. The van der Waals surface area contributed by atoms with Gasteiger partial charge >= 0.3 is 27.6 Å². The van der Waals surface area contributed by atoms with Crippen molar-refractivity contribution in [3.8, 4) is 0 Å². The first-order valence-electron chi connectivity index (χ1n) is 23.1. The largest absolute Gasteiger partial charge is 0.472 e. The quantitative estimate of drug-likeness (QED) is 0.0166. The van der Waals surface area contributed by atoms with Crippen molar-refractivity contribution >= 4 is 27.6 Å². The number of aliphatic hydroxyl groups is 2. The van der Waals surface area contributed by atoms with Crippen LogP contribution in [0.5, 0.6) is 0 Å². The average Bonchev–Trinajstić information content (AvgIpc) is 3.22. The Bertz CT molecular complexity index is 1340. The molecule has 2 unspecified atom stereocenters. The van der Waals surface area contributed by atoms with E-state index in [4.69, 9.17) is 23.8 Å². The molecule has 62 heavy (non-hydrogen) atoms. The fourth-order valence-corrected chi connectivity index (χ4v) is 7.09. The Labute approximate surface area is 373 Å². The Balaban J connectivity index is 4.60. The van der Waals surface area contributed by atoms with Gasteiger partial charge in [-0.05, 0) is 77.0 Å². The van der Waals surface area contributed by atoms with Gasteiger partial charge in [-0.1, -0.05) is 145 Å². The van der Waals surface area contributed by atoms with E-state index in [1.165, 1.54) is 57.8 Å². The van der Waals surface area contributed by atoms with Gasteiger partial charge in [0.05, 0.1) is 25.9 Å². The van der Waals surface area contributed by atoms with Crippen LogP contribution in [0.1, 0.15) is 174 Å². The molecule has 5 N–H and O–H groups in total. The van der Waals surface area contributed by atoms with E-state index in [1.807, 2.05) is 18.2 Å². The lowest BCUT2D eigenvalue weighted by molar-refractivity contribution is -0.161. The molecule has 0 aromatic heterocycles. The number of phosphoric ester groups is 2. The monoisotopic (exact) mass is 921 g/mol. The lowest BCUT2D eigenvalue weighted by Crippen LogP contribution is -2.29. The number of unbranched alkanes of at least 4 members (excludes halogenated alkanes) is 14. The molecule has 0 aliphatic heterocycles. The number of ether oxygens (including phenoxy) is 2. The summed E-state index contributed by atoms with van der Waals surface area (Å²) in [4.78, 5) is 52.7. The van der Waals surface area contributed by atoms with Gasteiger partial charge in [0.1, 0.15) is 12.7 Å². The topological polar surface area (TPSA) is 216 Å². The van der Waals surface area contributed by atoms with Gasteiger partial charge in [0, 0.05) is 12.8 Å². The maximum atomic E-state index is 12.7. The molecule has 0 fully saturated rings. The first-order valence-corrected chi connectivity index (χ1v) is 26.1. The molecule has 16 heteroatoms. The molecular formula is C46H82O14P2. The minimum Gasteiger partial charge on any atom is -0.462 e. The summed E-state index contributed by atoms with van der Waals surface area (Å²) in [5, 5.41) is 19.5. The molecule has 0 heterocycles. The van der Waals surface area contributed by atoms with Gasteiger partial charge in [-0.3, -0.25) is 23.2 Å². The molecule has 0 aliphatic carbocycles. The smallest absolute Gasteiger partial charge is 0.462 e. The average molecular weight is 921 g/mol. The number of hydrogen-bond donors (Lipinski definition) is 5. The summed E-state index contributed by atoms with van der Waals surface area (Å²) in [6.07, 6.45) is 41.3. The van der Waals surface area contributed by atoms with Crippen LogP contribution < -0.4 is 0 Å². The van der Waals surface area contributed by atoms with Crippen LogP contribution in [0.25, 0.3) is 0 Å². The zero-order chi connectivity index (χ0) is 46.0. The van der Waals surface area contributed by atoms with E-state index in [-0.39, 0.29) is 18.9 Å². The molecule has 360 valence electrons. The molecule has 0 saturated heterocycles. The summed E-state index contributed by atoms with van der Waals surface area (Å²) >= 11 is 0. The number of carbonyl (C=O) groups is 2. The molecule has 0 amide bonds. The number of hydrogen-bond acceptors (Lipinski definition) is 11. The van der Waals surface area contributed by atoms with Crippen LogP contribution >= 0.6 is 15.6 Å². The summed E-state index contributed by atoms with van der Waals surface area (Å²) in [5.74, 6) is -1.12. The van der Waals surface area contributed by atoms with Crippen LogP contribution in [-0.2, 0) is 41.8 Å². The number of rotatable bonds is 43. The number of esters is 2. The highest BCUT2D eigenvalue weighted by Gasteiger charge is 2.28. The van der Waals surface area contributed by atoms with Crippen molar-refractivity contribution in [2.24, 2.45) is 0 Å². The van der Waals surface area contributed by atoms with Gasteiger partial charge < -0.3 is 34.4 Å². The highest BCUT2D eigenvalue weighted by atomic mass is 31.2. The predicted molar refractivity (Wildman–Crippen MR) is 245 cm³/mol. The molecule has 0 spiro atoms. The molecule has 0 saturated carbocycles. The Morgan fingerprint density at radius 1 is 0.500 bits per heavy atom. The summed E-state index contributed by atoms with van der Waals surface area (Å²) in [6.45, 7) is 1.49. The van der Waals surface area contributed by atoms with E-state index in [2.05, 4.69) is 65.4 Å². The fraction of sp³-hybridized carbons (Fsp3) is 0.739. The molecule has 4 atom stereocenters. The summed E-state index contributed by atoms with van der Waals surface area (Å²) in [7, 11) is -9.71. The number of aliphatic hydroxyl groups excluding tert-OH is 2. The van der Waals surface area contributed by atoms with Crippen molar-refractivity contribution in [1.29, 1.82) is 0 Å². The third kappa shape index (κ3) is 44.4. The van der Waals surface area contributed by atoms with Crippen molar-refractivity contribution in [3.05, 3.63) is 60.8 Å². The Morgan fingerprint density at radius 3 is 1.55 bits per heavy atom. The van der Waals surface area contributed by atoms with Gasteiger partial charge in [0.25, 0.3) is 0 Å². The van der Waals surface area contributed by atoms with Crippen molar-refractivity contribution < 1.29 is 66.7 Å². The SMILES string of the molecule is CCCCCCCC/C=C\CCCCCCCCCC(=O)OC[C@H](COP(=O)(O)OC[C@@H](O)COP(=O)(O)O)OC(=O)CCC/C=C\C/C=C\C/C=C\C/C=C\CC(O)CCC. The van der Waals surface area contributed by atoms with Crippen molar-refractivity contribution in [2.75, 3.05) is 26.4 Å². The van der Waals surface area contributed by atoms with Crippen molar-refractivity contribution in [3.63, 3.8) is 0 Å². The van der Waals surface area contributed by atoms with Gasteiger partial charge in [0.15, 0.2) is 6.10 Å². The number of phosphoric acid groups is 2. The lowest BCUT2D eigenvalue weighted by atomic mass is 10.1. The van der Waals surface area contributed by atoms with E-state index in [1.54, 1.807) is 0 Å². The second kappa shape index (κ2) is 41.5. The highest BCUT2D eigenvalue weighted by Crippen LogP contribution is 2.43. The van der Waals surface area contributed by atoms with E-state index in [0.717, 1.165) is 64.2 Å². The van der Waals surface area contributed by atoms with Crippen LogP contribution in [-0.4, -0.2) is 81.6 Å². The van der Waals surface area contributed by atoms with Gasteiger partial charge in [-0.15, -0.1) is 0 Å². The number of allylic oxidation sites excluding steroid dienone is 9. The van der Waals surface area contributed by atoms with Crippen LogP contribution in [0, 0.1) is 0 Å². The Kier molecular flexibility index (Phi) is 40.0. The van der Waals surface area contributed by atoms with Crippen LogP contribution in [0.15, 0.2) is 60.8 Å². The zero-order valence-corrected chi connectivity index (χ0v) is 39.6. The maximum absolute atomic E-state index is 12.7. The van der Waals surface area contributed by atoms with Crippen molar-refractivity contribution in [2.45, 2.75) is 193 Å². The third-order valence-corrected chi connectivity index (χ3v) is 10.9. The second-order valence-corrected chi connectivity index (χ2v) is 18.2. The minimum atomic E-state index is -4.88. The second-order valence-electron chi connectivity index (χ2n) is 15.5. The molecule has 0 radical (unpaired) electrons. The van der Waals surface area contributed by atoms with E-state index in [9.17, 15) is 33.8 Å². The molecule has 0 aromatic rings. The summed E-state index contributed by atoms with van der Waals surface area (Å²) in [6, 6.07) is 0. The highest BCUT2D eigenvalue weighted by molar-refractivity contribution is 7.47. The minimum absolute atomic E-state index is 0.0381. The Hall–Kier alpha value is -2.22. The molecule has 0 rings (SSSR count). The molecular weight excluding hydrogens is 838 g/mol. The van der Waals surface area contributed by atoms with Gasteiger partial charge in [-0.25, -0.2) is 9.13 Å². The van der Waals surface area contributed by atoms with Crippen LogP contribution in [0.3, 0.4) is 0 Å². The van der Waals surface area contributed by atoms with Crippen molar-refractivity contribution in [1.82, 2.24) is 0 Å². The first-order chi connectivity index (χ1) is 29.8. The van der Waals surface area contributed by atoms with E-state index < -0.39 is 66.2 Å². The molecule has 14 nitrogen and oxygen atoms in total. The van der Waals surface area contributed by atoms with Crippen LogP contribution in [0.4, 0.5) is 0 Å². The van der Waals surface area contributed by atoms with E-state index >= 15 is 0 Å². The predicted octanol–water partition coefficient (Wildman–Crippen LogP) is 11.0. The first kappa shape index (κ1) is 59.8. The molecule has 0 aliphatic rings. The van der Waals surface area contributed by atoms with Gasteiger partial charge in [-0.2, -0.15) is 0 Å². The van der Waals surface area contributed by atoms with Crippen LogP contribution in [0.2, 0.25) is 0 Å². The number of carbonyl (C=O) groups excluding carboxylic acids is 2. The molecule has 0 bridgehead atoms. The van der Waals surface area contributed by atoms with E-state index in [0.29, 0.717) is 25.7 Å². The normalized spacial score (nSPS) is 15.0.